The molecule has 0 spiro atoms. The maximum atomic E-state index is 11.0. The van der Waals surface area contributed by atoms with Gasteiger partial charge in [-0.15, -0.1) is 11.3 Å². The van der Waals surface area contributed by atoms with Crippen molar-refractivity contribution < 1.29 is 14.9 Å². The number of fused-ring (bicyclic) bond motifs is 1. The lowest BCUT2D eigenvalue weighted by molar-refractivity contribution is 0.0640. The van der Waals surface area contributed by atoms with Gasteiger partial charge in [0, 0.05) is 36.3 Å². The molecule has 32 heavy (non-hydrogen) atoms. The fourth-order valence-electron chi connectivity index (χ4n) is 4.49. The van der Waals surface area contributed by atoms with E-state index in [0.717, 1.165) is 53.2 Å². The minimum absolute atomic E-state index is 0.159. The van der Waals surface area contributed by atoms with Crippen LogP contribution in [0.2, 0.25) is 0 Å². The maximum absolute atomic E-state index is 11.0. The second kappa shape index (κ2) is 10.9. The monoisotopic (exact) mass is 451 g/mol. The van der Waals surface area contributed by atoms with Crippen molar-refractivity contribution in [3.8, 4) is 17.6 Å². The van der Waals surface area contributed by atoms with Gasteiger partial charge in [-0.3, -0.25) is 9.88 Å². The van der Waals surface area contributed by atoms with Gasteiger partial charge in [0.1, 0.15) is 5.75 Å². The number of hydrogen-bond acceptors (Lipinski definition) is 7. The SMILES string of the molecule is COc1ccc2nccc([C@@H](O)CC[C@@H]3CCN(CC#Cc4nccs4)C[C@@H]3CO)c2c1. The molecule has 1 saturated heterocycles. The molecule has 0 radical (unpaired) electrons. The Kier molecular flexibility index (Phi) is 7.72. The summed E-state index contributed by atoms with van der Waals surface area (Å²) in [5, 5.41) is 24.6. The molecule has 3 heterocycles. The molecule has 1 aliphatic heterocycles. The number of likely N-dealkylation sites (tertiary alicyclic amines) is 1. The molecule has 7 heteroatoms. The van der Waals surface area contributed by atoms with Gasteiger partial charge in [-0.25, -0.2) is 4.98 Å². The minimum atomic E-state index is -0.575. The van der Waals surface area contributed by atoms with Crippen LogP contribution < -0.4 is 4.74 Å². The predicted octanol–water partition coefficient (Wildman–Crippen LogP) is 3.50. The first-order valence-electron chi connectivity index (χ1n) is 11.0. The average Bonchev–Trinajstić information content (AvgIpc) is 3.35. The summed E-state index contributed by atoms with van der Waals surface area (Å²) < 4.78 is 5.35. The summed E-state index contributed by atoms with van der Waals surface area (Å²) in [6.45, 7) is 2.64. The summed E-state index contributed by atoms with van der Waals surface area (Å²) in [6.07, 6.45) is 5.47. The number of aromatic nitrogens is 2. The van der Waals surface area contributed by atoms with E-state index in [0.29, 0.717) is 18.9 Å². The normalized spacial score (nSPS) is 20.0. The lowest BCUT2D eigenvalue weighted by Crippen LogP contribution is -2.42. The number of rotatable bonds is 7. The summed E-state index contributed by atoms with van der Waals surface area (Å²) in [7, 11) is 1.64. The first-order valence-corrected chi connectivity index (χ1v) is 11.9. The van der Waals surface area contributed by atoms with Crippen LogP contribution >= 0.6 is 11.3 Å². The first kappa shape index (κ1) is 22.7. The van der Waals surface area contributed by atoms with Crippen molar-refractivity contribution in [2.75, 3.05) is 33.4 Å². The number of benzene rings is 1. The maximum Gasteiger partial charge on any atom is 0.166 e. The second-order valence-electron chi connectivity index (χ2n) is 8.24. The molecule has 1 fully saturated rings. The van der Waals surface area contributed by atoms with Crippen molar-refractivity contribution in [3.05, 3.63) is 52.6 Å². The molecule has 2 N–H and O–H groups in total. The van der Waals surface area contributed by atoms with Gasteiger partial charge in [0.25, 0.3) is 0 Å². The Morgan fingerprint density at radius 2 is 2.16 bits per heavy atom. The number of aliphatic hydroxyl groups excluding tert-OH is 2. The van der Waals surface area contributed by atoms with Crippen molar-refractivity contribution in [2.45, 2.75) is 25.4 Å². The van der Waals surface area contributed by atoms with Gasteiger partial charge in [-0.2, -0.15) is 0 Å². The molecular weight excluding hydrogens is 422 g/mol. The largest absolute Gasteiger partial charge is 0.497 e. The van der Waals surface area contributed by atoms with Crippen molar-refractivity contribution >= 4 is 22.2 Å². The number of piperidine rings is 1. The summed E-state index contributed by atoms with van der Waals surface area (Å²) >= 11 is 1.55. The average molecular weight is 452 g/mol. The number of hydrogen-bond donors (Lipinski definition) is 2. The van der Waals surface area contributed by atoms with E-state index in [1.165, 1.54) is 0 Å². The molecule has 1 aromatic carbocycles. The van der Waals surface area contributed by atoms with Gasteiger partial charge in [0.2, 0.25) is 0 Å². The summed E-state index contributed by atoms with van der Waals surface area (Å²) in [6, 6.07) is 7.62. The highest BCUT2D eigenvalue weighted by molar-refractivity contribution is 7.10. The molecule has 0 bridgehead atoms. The molecule has 3 atom stereocenters. The van der Waals surface area contributed by atoms with Crippen LogP contribution in [0.15, 0.2) is 42.0 Å². The van der Waals surface area contributed by atoms with Gasteiger partial charge < -0.3 is 14.9 Å². The molecule has 0 unspecified atom stereocenters. The van der Waals surface area contributed by atoms with Crippen molar-refractivity contribution in [1.82, 2.24) is 14.9 Å². The number of ether oxygens (including phenoxy) is 1. The van der Waals surface area contributed by atoms with Crippen LogP contribution in [-0.2, 0) is 0 Å². The molecule has 0 amide bonds. The Labute approximate surface area is 192 Å². The lowest BCUT2D eigenvalue weighted by Gasteiger charge is -2.37. The lowest BCUT2D eigenvalue weighted by atomic mass is 9.81. The van der Waals surface area contributed by atoms with Crippen molar-refractivity contribution in [3.63, 3.8) is 0 Å². The van der Waals surface area contributed by atoms with Gasteiger partial charge in [-0.05, 0) is 73.4 Å². The Morgan fingerprint density at radius 3 is 2.94 bits per heavy atom. The quantitative estimate of drug-likeness (QED) is 0.536. The third-order valence-corrected chi connectivity index (χ3v) is 6.98. The number of methoxy groups -OCH3 is 1. The van der Waals surface area contributed by atoms with Crippen molar-refractivity contribution in [2.24, 2.45) is 11.8 Å². The van der Waals surface area contributed by atoms with Gasteiger partial charge >= 0.3 is 0 Å². The molecule has 2 aromatic heterocycles. The Bertz CT molecular complexity index is 1080. The predicted molar refractivity (Wildman–Crippen MR) is 127 cm³/mol. The standard InChI is InChI=1S/C25H29N3O3S/c1-31-20-5-6-23-22(15-20)21(8-10-26-23)24(30)7-4-18-9-13-28(16-19(18)17-29)12-2-3-25-27-11-14-32-25/h5-6,8,10-11,14-15,18-19,24,29-30H,4,7,9,12-13,16-17H2,1H3/t18-,19-,24+/m1/s1. The third kappa shape index (κ3) is 5.45. The zero-order valence-corrected chi connectivity index (χ0v) is 19.1. The molecule has 168 valence electrons. The number of thiazole rings is 1. The molecule has 0 aliphatic carbocycles. The molecular formula is C25H29N3O3S. The highest BCUT2D eigenvalue weighted by Gasteiger charge is 2.29. The smallest absolute Gasteiger partial charge is 0.166 e. The fourth-order valence-corrected chi connectivity index (χ4v) is 4.99. The summed E-state index contributed by atoms with van der Waals surface area (Å²) in [4.78, 5) is 10.9. The highest BCUT2D eigenvalue weighted by Crippen LogP contribution is 2.33. The van der Waals surface area contributed by atoms with Crippen LogP contribution in [0.25, 0.3) is 10.9 Å². The Morgan fingerprint density at radius 1 is 1.25 bits per heavy atom. The van der Waals surface area contributed by atoms with Gasteiger partial charge in [-0.1, -0.05) is 5.92 Å². The number of pyridine rings is 1. The zero-order chi connectivity index (χ0) is 22.3. The van der Waals surface area contributed by atoms with E-state index in [2.05, 4.69) is 26.7 Å². The molecule has 1 aliphatic rings. The third-order valence-electron chi connectivity index (χ3n) is 6.29. The van der Waals surface area contributed by atoms with Crippen LogP contribution in [0.1, 0.15) is 35.9 Å². The zero-order valence-electron chi connectivity index (χ0n) is 18.3. The van der Waals surface area contributed by atoms with E-state index in [-0.39, 0.29) is 12.5 Å². The van der Waals surface area contributed by atoms with Crippen LogP contribution in [0.3, 0.4) is 0 Å². The Hall–Kier alpha value is -2.50. The van der Waals surface area contributed by atoms with E-state index >= 15 is 0 Å². The molecule has 4 rings (SSSR count). The fraction of sp³-hybridized carbons (Fsp3) is 0.440. The van der Waals surface area contributed by atoms with Crippen LogP contribution in [0.4, 0.5) is 0 Å². The first-order chi connectivity index (χ1) is 15.7. The molecule has 0 saturated carbocycles. The van der Waals surface area contributed by atoms with Crippen LogP contribution in [-0.4, -0.2) is 58.4 Å². The van der Waals surface area contributed by atoms with E-state index < -0.39 is 6.10 Å². The van der Waals surface area contributed by atoms with E-state index in [9.17, 15) is 10.2 Å². The number of aliphatic hydroxyl groups is 2. The van der Waals surface area contributed by atoms with Crippen LogP contribution in [0.5, 0.6) is 5.75 Å². The van der Waals surface area contributed by atoms with E-state index in [1.54, 1.807) is 30.8 Å². The molecule has 3 aromatic rings. The van der Waals surface area contributed by atoms with Crippen molar-refractivity contribution in [1.29, 1.82) is 0 Å². The second-order valence-corrected chi connectivity index (χ2v) is 9.14. The van der Waals surface area contributed by atoms with Crippen LogP contribution in [0, 0.1) is 23.7 Å². The van der Waals surface area contributed by atoms with Gasteiger partial charge in [0.05, 0.1) is 25.3 Å². The number of nitrogens with zero attached hydrogens (tertiary/aromatic N) is 3. The minimum Gasteiger partial charge on any atom is -0.497 e. The van der Waals surface area contributed by atoms with E-state index in [1.807, 2.05) is 29.6 Å². The van der Waals surface area contributed by atoms with Gasteiger partial charge in [0.15, 0.2) is 5.01 Å². The topological polar surface area (TPSA) is 78.7 Å². The highest BCUT2D eigenvalue weighted by atomic mass is 32.1. The Balaban J connectivity index is 1.35. The summed E-state index contributed by atoms with van der Waals surface area (Å²) in [5.41, 5.74) is 1.73. The summed E-state index contributed by atoms with van der Waals surface area (Å²) in [5.74, 6) is 7.65. The van der Waals surface area contributed by atoms with E-state index in [4.69, 9.17) is 4.74 Å². The molecule has 6 nitrogen and oxygen atoms in total.